The first-order valence-electron chi connectivity index (χ1n) is 11.4. The molecular formula is C23H36FIN4O2. The number of morpholine rings is 1. The number of halogens is 2. The van der Waals surface area contributed by atoms with E-state index >= 15 is 0 Å². The van der Waals surface area contributed by atoms with Crippen LogP contribution in [0, 0.1) is 5.82 Å². The summed E-state index contributed by atoms with van der Waals surface area (Å²) in [6, 6.07) is 7.55. The van der Waals surface area contributed by atoms with Crippen LogP contribution in [0.5, 0.6) is 0 Å². The maximum Gasteiger partial charge on any atom is 0.193 e. The number of rotatable bonds is 5. The molecule has 4 rings (SSSR count). The summed E-state index contributed by atoms with van der Waals surface area (Å²) in [4.78, 5) is 10.1. The van der Waals surface area contributed by atoms with Crippen molar-refractivity contribution in [2.75, 3.05) is 65.7 Å². The second-order valence-electron chi connectivity index (χ2n) is 8.61. The molecule has 1 unspecified atom stereocenters. The van der Waals surface area contributed by atoms with Crippen LogP contribution in [0.1, 0.15) is 31.7 Å². The molecule has 0 bridgehead atoms. The Morgan fingerprint density at radius 3 is 2.45 bits per heavy atom. The maximum atomic E-state index is 13.5. The van der Waals surface area contributed by atoms with Crippen molar-refractivity contribution in [1.29, 1.82) is 0 Å². The highest BCUT2D eigenvalue weighted by Gasteiger charge is 2.35. The smallest absolute Gasteiger partial charge is 0.193 e. The Balaban J connectivity index is 0.00000272. The minimum atomic E-state index is -0.191. The topological polar surface area (TPSA) is 49.3 Å². The van der Waals surface area contributed by atoms with E-state index in [9.17, 15) is 4.39 Å². The molecule has 0 aliphatic carbocycles. The van der Waals surface area contributed by atoms with Crippen LogP contribution >= 0.6 is 24.0 Å². The molecule has 3 saturated heterocycles. The highest BCUT2D eigenvalue weighted by Crippen LogP contribution is 2.35. The van der Waals surface area contributed by atoms with E-state index < -0.39 is 0 Å². The van der Waals surface area contributed by atoms with Crippen LogP contribution in [0.15, 0.2) is 29.3 Å². The predicted octanol–water partition coefficient (Wildman–Crippen LogP) is 2.86. The third kappa shape index (κ3) is 6.09. The molecule has 3 fully saturated rings. The lowest BCUT2D eigenvalue weighted by atomic mass is 9.74. The minimum Gasteiger partial charge on any atom is -0.381 e. The van der Waals surface area contributed by atoms with E-state index in [0.29, 0.717) is 12.6 Å². The third-order valence-electron chi connectivity index (χ3n) is 6.80. The van der Waals surface area contributed by atoms with Crippen molar-refractivity contribution in [3.05, 3.63) is 35.6 Å². The first-order chi connectivity index (χ1) is 14.7. The molecule has 0 saturated carbocycles. The first-order valence-corrected chi connectivity index (χ1v) is 11.4. The Kier molecular flexibility index (Phi) is 9.36. The summed E-state index contributed by atoms with van der Waals surface area (Å²) in [7, 11) is 0. The van der Waals surface area contributed by atoms with Crippen molar-refractivity contribution >= 4 is 29.9 Å². The molecule has 6 nitrogen and oxygen atoms in total. The van der Waals surface area contributed by atoms with Crippen molar-refractivity contribution in [3.8, 4) is 0 Å². The van der Waals surface area contributed by atoms with Gasteiger partial charge in [0.05, 0.1) is 19.8 Å². The summed E-state index contributed by atoms with van der Waals surface area (Å²) in [5, 5.41) is 3.51. The van der Waals surface area contributed by atoms with Gasteiger partial charge in [0.1, 0.15) is 5.82 Å². The lowest BCUT2D eigenvalue weighted by Gasteiger charge is -2.37. The van der Waals surface area contributed by atoms with E-state index in [1.54, 1.807) is 12.1 Å². The van der Waals surface area contributed by atoms with Crippen molar-refractivity contribution in [2.24, 2.45) is 4.99 Å². The van der Waals surface area contributed by atoms with Gasteiger partial charge in [0.2, 0.25) is 0 Å². The highest BCUT2D eigenvalue weighted by atomic mass is 127. The summed E-state index contributed by atoms with van der Waals surface area (Å²) in [6.07, 6.45) is 3.00. The molecule has 3 aliphatic rings. The zero-order valence-electron chi connectivity index (χ0n) is 18.5. The molecule has 1 N–H and O–H groups in total. The molecule has 0 radical (unpaired) electrons. The second kappa shape index (κ2) is 11.8. The average molecular weight is 546 g/mol. The van der Waals surface area contributed by atoms with Crippen LogP contribution in [-0.2, 0) is 14.9 Å². The Labute approximate surface area is 202 Å². The van der Waals surface area contributed by atoms with Crippen LogP contribution < -0.4 is 5.32 Å². The Hall–Kier alpha value is -0.970. The number of likely N-dealkylation sites (tertiary alicyclic amines) is 1. The Bertz CT molecular complexity index is 706. The number of nitrogens with one attached hydrogen (secondary N) is 1. The SMILES string of the molecule is CCNC(=NCC1(c2ccc(F)cc2)CCOCC1)N1CCC(N2CCOCC2)C1.I. The molecule has 1 aromatic rings. The largest absolute Gasteiger partial charge is 0.381 e. The van der Waals surface area contributed by atoms with Gasteiger partial charge in [0.25, 0.3) is 0 Å². The molecular weight excluding hydrogens is 510 g/mol. The second-order valence-corrected chi connectivity index (χ2v) is 8.61. The lowest BCUT2D eigenvalue weighted by Crippen LogP contribution is -2.47. The molecule has 174 valence electrons. The van der Waals surface area contributed by atoms with Crippen LogP contribution in [-0.4, -0.2) is 87.5 Å². The summed E-state index contributed by atoms with van der Waals surface area (Å²) in [6.45, 7) is 10.9. The van der Waals surface area contributed by atoms with E-state index in [1.807, 2.05) is 12.1 Å². The zero-order chi connectivity index (χ0) is 20.8. The van der Waals surface area contributed by atoms with Crippen LogP contribution in [0.4, 0.5) is 4.39 Å². The van der Waals surface area contributed by atoms with Crippen LogP contribution in [0.3, 0.4) is 0 Å². The molecule has 3 aliphatic heterocycles. The number of guanidine groups is 1. The van der Waals surface area contributed by atoms with Crippen molar-refractivity contribution in [3.63, 3.8) is 0 Å². The average Bonchev–Trinajstić information content (AvgIpc) is 3.28. The standard InChI is InChI=1S/C23H35FN4O2.HI/c1-2-25-22(28-10-7-21(17-28)27-11-15-30-16-12-27)26-18-23(8-13-29-14-9-23)19-3-5-20(24)6-4-19;/h3-6,21H,2,7-18H2,1H3,(H,25,26);1H. The number of benzene rings is 1. The Morgan fingerprint density at radius 1 is 1.10 bits per heavy atom. The molecule has 8 heteroatoms. The van der Waals surface area contributed by atoms with Gasteiger partial charge in [-0.2, -0.15) is 0 Å². The summed E-state index contributed by atoms with van der Waals surface area (Å²) < 4.78 is 24.7. The summed E-state index contributed by atoms with van der Waals surface area (Å²) in [5.41, 5.74) is 1.08. The quantitative estimate of drug-likeness (QED) is 0.350. The van der Waals surface area contributed by atoms with Gasteiger partial charge in [-0.1, -0.05) is 12.1 Å². The normalized spacial score (nSPS) is 24.6. The van der Waals surface area contributed by atoms with E-state index in [0.717, 1.165) is 78.0 Å². The number of nitrogens with zero attached hydrogens (tertiary/aromatic N) is 3. The van der Waals surface area contributed by atoms with E-state index in [-0.39, 0.29) is 35.2 Å². The fourth-order valence-electron chi connectivity index (χ4n) is 4.93. The number of hydrogen-bond acceptors (Lipinski definition) is 4. The van der Waals surface area contributed by atoms with Gasteiger partial charge in [0.15, 0.2) is 5.96 Å². The predicted molar refractivity (Wildman–Crippen MR) is 132 cm³/mol. The molecule has 0 aromatic heterocycles. The fraction of sp³-hybridized carbons (Fsp3) is 0.696. The van der Waals surface area contributed by atoms with Crippen molar-refractivity contribution in [1.82, 2.24) is 15.1 Å². The Morgan fingerprint density at radius 2 is 1.77 bits per heavy atom. The molecule has 3 heterocycles. The van der Waals surface area contributed by atoms with E-state index in [1.165, 1.54) is 12.0 Å². The van der Waals surface area contributed by atoms with Gasteiger partial charge in [-0.05, 0) is 43.9 Å². The van der Waals surface area contributed by atoms with Gasteiger partial charge in [-0.25, -0.2) is 4.39 Å². The molecule has 1 aromatic carbocycles. The third-order valence-corrected chi connectivity index (χ3v) is 6.80. The minimum absolute atomic E-state index is 0. The number of aliphatic imine (C=N–C) groups is 1. The van der Waals surface area contributed by atoms with Crippen LogP contribution in [0.2, 0.25) is 0 Å². The van der Waals surface area contributed by atoms with Gasteiger partial charge < -0.3 is 19.7 Å². The zero-order valence-corrected chi connectivity index (χ0v) is 20.9. The molecule has 1 atom stereocenters. The molecule has 0 spiro atoms. The molecule has 31 heavy (non-hydrogen) atoms. The first kappa shape index (κ1) is 24.7. The monoisotopic (exact) mass is 546 g/mol. The number of ether oxygens (including phenoxy) is 2. The van der Waals surface area contributed by atoms with E-state index in [2.05, 4.69) is 22.0 Å². The van der Waals surface area contributed by atoms with Crippen molar-refractivity contribution in [2.45, 2.75) is 37.6 Å². The fourth-order valence-corrected chi connectivity index (χ4v) is 4.93. The van der Waals surface area contributed by atoms with Gasteiger partial charge in [0, 0.05) is 57.4 Å². The lowest BCUT2D eigenvalue weighted by molar-refractivity contribution is 0.0194. The van der Waals surface area contributed by atoms with Crippen LogP contribution in [0.25, 0.3) is 0 Å². The maximum absolute atomic E-state index is 13.5. The number of hydrogen-bond donors (Lipinski definition) is 1. The summed E-state index contributed by atoms with van der Waals surface area (Å²) >= 11 is 0. The van der Waals surface area contributed by atoms with Gasteiger partial charge >= 0.3 is 0 Å². The van der Waals surface area contributed by atoms with Crippen molar-refractivity contribution < 1.29 is 13.9 Å². The van der Waals surface area contributed by atoms with Gasteiger partial charge in [-0.3, -0.25) is 9.89 Å². The molecule has 0 amide bonds. The highest BCUT2D eigenvalue weighted by molar-refractivity contribution is 14.0. The summed E-state index contributed by atoms with van der Waals surface area (Å²) in [5.74, 6) is 0.810. The van der Waals surface area contributed by atoms with Gasteiger partial charge in [-0.15, -0.1) is 24.0 Å². The van der Waals surface area contributed by atoms with E-state index in [4.69, 9.17) is 14.5 Å².